The van der Waals surface area contributed by atoms with Crippen molar-refractivity contribution in [3.8, 4) is 0 Å². The molecular formula is C44H80N2O2. The Labute approximate surface area is 298 Å². The van der Waals surface area contributed by atoms with Crippen LogP contribution < -0.4 is 11.5 Å². The maximum atomic E-state index is 10.8. The molecule has 4 heteroatoms. The number of unbranched alkanes of at least 4 members (excludes halogenated alkanes) is 28. The van der Waals surface area contributed by atoms with E-state index in [-0.39, 0.29) is 11.8 Å². The molecule has 0 aliphatic carbocycles. The maximum absolute atomic E-state index is 10.8. The topological polar surface area (TPSA) is 86.2 Å². The standard InChI is InChI=1S/C44H80N2O2/c1-40-36-38-42(39-37-40)41(32-28-24-20-16-12-8-4-2-6-10-14-18-22-26-30-34-43(45)47)33-29-25-21-17-13-9-5-3-7-11-15-19-23-27-31-35-44(46)48/h36-39,41H,2-35H2,1H3,(H2,45,47)(H2,46,48). The van der Waals surface area contributed by atoms with Crippen molar-refractivity contribution in [3.05, 3.63) is 35.4 Å². The van der Waals surface area contributed by atoms with E-state index < -0.39 is 0 Å². The summed E-state index contributed by atoms with van der Waals surface area (Å²) in [6, 6.07) is 9.43. The van der Waals surface area contributed by atoms with Crippen molar-refractivity contribution in [2.24, 2.45) is 11.5 Å². The van der Waals surface area contributed by atoms with Gasteiger partial charge in [0.2, 0.25) is 11.8 Å². The van der Waals surface area contributed by atoms with E-state index in [2.05, 4.69) is 31.2 Å². The number of benzene rings is 1. The molecule has 0 heterocycles. The highest BCUT2D eigenvalue weighted by atomic mass is 16.1. The number of rotatable bonds is 37. The molecule has 4 N–H and O–H groups in total. The number of aryl methyl sites for hydroxylation is 1. The Balaban J connectivity index is 1.98. The number of hydrogen-bond donors (Lipinski definition) is 2. The Bertz CT molecular complexity index is 804. The fourth-order valence-electron chi connectivity index (χ4n) is 7.29. The van der Waals surface area contributed by atoms with E-state index in [9.17, 15) is 9.59 Å². The van der Waals surface area contributed by atoms with Crippen LogP contribution in [-0.4, -0.2) is 11.8 Å². The zero-order chi connectivity index (χ0) is 34.8. The molecule has 1 aromatic rings. The predicted octanol–water partition coefficient (Wildman–Crippen LogP) is 13.3. The second kappa shape index (κ2) is 33.6. The van der Waals surface area contributed by atoms with E-state index in [1.54, 1.807) is 5.56 Å². The van der Waals surface area contributed by atoms with Crippen molar-refractivity contribution >= 4 is 11.8 Å². The van der Waals surface area contributed by atoms with Crippen molar-refractivity contribution in [2.45, 2.75) is 231 Å². The van der Waals surface area contributed by atoms with Crippen LogP contribution in [0.15, 0.2) is 24.3 Å². The summed E-state index contributed by atoms with van der Waals surface area (Å²) in [5.41, 5.74) is 13.3. The van der Waals surface area contributed by atoms with E-state index in [4.69, 9.17) is 11.5 Å². The zero-order valence-electron chi connectivity index (χ0n) is 31.9. The van der Waals surface area contributed by atoms with Gasteiger partial charge in [0.25, 0.3) is 0 Å². The van der Waals surface area contributed by atoms with Gasteiger partial charge in [0.05, 0.1) is 0 Å². The Morgan fingerprint density at radius 2 is 0.625 bits per heavy atom. The van der Waals surface area contributed by atoms with E-state index in [0.29, 0.717) is 12.8 Å². The number of carbonyl (C=O) groups excluding carboxylic acids is 2. The molecule has 2 amide bonds. The first-order valence-corrected chi connectivity index (χ1v) is 21.1. The van der Waals surface area contributed by atoms with Crippen molar-refractivity contribution in [1.29, 1.82) is 0 Å². The van der Waals surface area contributed by atoms with Crippen molar-refractivity contribution in [1.82, 2.24) is 0 Å². The first-order valence-electron chi connectivity index (χ1n) is 21.1. The second-order valence-corrected chi connectivity index (χ2v) is 15.2. The summed E-state index contributed by atoms with van der Waals surface area (Å²) in [7, 11) is 0. The second-order valence-electron chi connectivity index (χ2n) is 15.2. The van der Waals surface area contributed by atoms with Crippen LogP contribution in [-0.2, 0) is 9.59 Å². The highest BCUT2D eigenvalue weighted by molar-refractivity contribution is 5.73. The van der Waals surface area contributed by atoms with E-state index in [1.807, 2.05) is 0 Å². The van der Waals surface area contributed by atoms with Crippen molar-refractivity contribution < 1.29 is 9.59 Å². The molecule has 0 spiro atoms. The normalized spacial score (nSPS) is 11.5. The van der Waals surface area contributed by atoms with Gasteiger partial charge in [-0.05, 0) is 44.1 Å². The average molecular weight is 669 g/mol. The Morgan fingerprint density at radius 3 is 0.875 bits per heavy atom. The van der Waals surface area contributed by atoms with Gasteiger partial charge in [-0.15, -0.1) is 0 Å². The molecule has 278 valence electrons. The minimum absolute atomic E-state index is 0.155. The van der Waals surface area contributed by atoms with Crippen LogP contribution in [0.25, 0.3) is 0 Å². The number of hydrogen-bond acceptors (Lipinski definition) is 2. The molecule has 48 heavy (non-hydrogen) atoms. The molecule has 0 saturated heterocycles. The zero-order valence-corrected chi connectivity index (χ0v) is 31.9. The first-order chi connectivity index (χ1) is 23.5. The van der Waals surface area contributed by atoms with Crippen LogP contribution >= 0.6 is 0 Å². The van der Waals surface area contributed by atoms with Crippen LogP contribution in [0.2, 0.25) is 0 Å². The van der Waals surface area contributed by atoms with E-state index in [1.165, 1.54) is 185 Å². The summed E-state index contributed by atoms with van der Waals surface area (Å²) in [5.74, 6) is 0.435. The van der Waals surface area contributed by atoms with Gasteiger partial charge in [-0.25, -0.2) is 0 Å². The van der Waals surface area contributed by atoms with Crippen molar-refractivity contribution in [3.63, 3.8) is 0 Å². The lowest BCUT2D eigenvalue weighted by Gasteiger charge is -2.18. The third-order valence-electron chi connectivity index (χ3n) is 10.5. The molecule has 0 atom stereocenters. The van der Waals surface area contributed by atoms with Crippen LogP contribution in [0.1, 0.15) is 235 Å². The van der Waals surface area contributed by atoms with Gasteiger partial charge in [-0.3, -0.25) is 9.59 Å². The Hall–Kier alpha value is -1.84. The minimum atomic E-state index is -0.155. The average Bonchev–Trinajstić information content (AvgIpc) is 3.06. The number of primary amides is 2. The minimum Gasteiger partial charge on any atom is -0.370 e. The third-order valence-corrected chi connectivity index (χ3v) is 10.5. The summed E-state index contributed by atoms with van der Waals surface area (Å²) in [6.45, 7) is 2.20. The van der Waals surface area contributed by atoms with Gasteiger partial charge in [0.15, 0.2) is 0 Å². The lowest BCUT2D eigenvalue weighted by molar-refractivity contribution is -0.119. The summed E-state index contributed by atoms with van der Waals surface area (Å²) < 4.78 is 0. The van der Waals surface area contributed by atoms with Gasteiger partial charge in [0.1, 0.15) is 0 Å². The lowest BCUT2D eigenvalue weighted by Crippen LogP contribution is -2.09. The van der Waals surface area contributed by atoms with E-state index in [0.717, 1.165) is 31.6 Å². The summed E-state index contributed by atoms with van der Waals surface area (Å²) in [6.07, 6.45) is 44.0. The predicted molar refractivity (Wildman–Crippen MR) is 209 cm³/mol. The SMILES string of the molecule is Cc1ccc(C(CCCCCCCCCCCCCCCCCC(N)=O)CCCCCCCCCCCCCCCCCC(N)=O)cc1. The number of nitrogens with two attached hydrogens (primary N) is 2. The monoisotopic (exact) mass is 669 g/mol. The smallest absolute Gasteiger partial charge is 0.217 e. The molecule has 0 fully saturated rings. The van der Waals surface area contributed by atoms with Crippen molar-refractivity contribution in [2.75, 3.05) is 0 Å². The molecule has 1 aromatic carbocycles. The van der Waals surface area contributed by atoms with Crippen LogP contribution in [0, 0.1) is 6.92 Å². The van der Waals surface area contributed by atoms with Gasteiger partial charge < -0.3 is 11.5 Å². The summed E-state index contributed by atoms with van der Waals surface area (Å²) in [5, 5.41) is 0. The van der Waals surface area contributed by atoms with E-state index >= 15 is 0 Å². The Morgan fingerprint density at radius 1 is 0.396 bits per heavy atom. The first kappa shape index (κ1) is 44.2. The molecule has 0 aromatic heterocycles. The summed E-state index contributed by atoms with van der Waals surface area (Å²) >= 11 is 0. The van der Waals surface area contributed by atoms with Crippen LogP contribution in [0.3, 0.4) is 0 Å². The molecule has 0 unspecified atom stereocenters. The number of amides is 2. The van der Waals surface area contributed by atoms with Gasteiger partial charge >= 0.3 is 0 Å². The van der Waals surface area contributed by atoms with Gasteiger partial charge in [-0.2, -0.15) is 0 Å². The fourth-order valence-corrected chi connectivity index (χ4v) is 7.29. The maximum Gasteiger partial charge on any atom is 0.217 e. The molecule has 0 aliphatic rings. The fraction of sp³-hybridized carbons (Fsp3) is 0.818. The molecule has 1 rings (SSSR count). The van der Waals surface area contributed by atoms with Crippen LogP contribution in [0.4, 0.5) is 0 Å². The summed E-state index contributed by atoms with van der Waals surface area (Å²) in [4.78, 5) is 21.5. The van der Waals surface area contributed by atoms with Gasteiger partial charge in [0, 0.05) is 12.8 Å². The largest absolute Gasteiger partial charge is 0.370 e. The molecule has 0 aliphatic heterocycles. The van der Waals surface area contributed by atoms with Crippen LogP contribution in [0.5, 0.6) is 0 Å². The highest BCUT2D eigenvalue weighted by Gasteiger charge is 2.11. The molecule has 4 nitrogen and oxygen atoms in total. The quantitative estimate of drug-likeness (QED) is 0.0691. The van der Waals surface area contributed by atoms with Gasteiger partial charge in [-0.1, -0.05) is 210 Å². The third kappa shape index (κ3) is 30.2. The highest BCUT2D eigenvalue weighted by Crippen LogP contribution is 2.29. The Kier molecular flexibility index (Phi) is 31.0. The number of carbonyl (C=O) groups is 2. The molecule has 0 radical (unpaired) electrons. The molecular weight excluding hydrogens is 588 g/mol. The lowest BCUT2D eigenvalue weighted by atomic mass is 9.87. The molecule has 0 saturated carbocycles. The molecule has 0 bridgehead atoms.